The number of hydrogen-bond acceptors (Lipinski definition) is 4. The number of para-hydroxylation sites is 1. The second-order valence-electron chi connectivity index (χ2n) is 7.27. The smallest absolute Gasteiger partial charge is 0.0634 e. The van der Waals surface area contributed by atoms with Crippen molar-refractivity contribution >= 4 is 39.6 Å². The third kappa shape index (κ3) is 3.10. The zero-order chi connectivity index (χ0) is 21.4. The molecule has 4 heteroatoms. The maximum Gasteiger partial charge on any atom is 0.0634 e. The van der Waals surface area contributed by atoms with Gasteiger partial charge in [0, 0.05) is 33.4 Å². The fourth-order valence-electron chi connectivity index (χ4n) is 3.96. The molecule has 3 aromatic carbocycles. The van der Waals surface area contributed by atoms with Gasteiger partial charge in [0.25, 0.3) is 0 Å². The van der Waals surface area contributed by atoms with Crippen LogP contribution in [-0.2, 0) is 0 Å². The van der Waals surface area contributed by atoms with Gasteiger partial charge < -0.3 is 16.4 Å². The van der Waals surface area contributed by atoms with Gasteiger partial charge in [0.15, 0.2) is 0 Å². The molecule has 2 aliphatic rings. The summed E-state index contributed by atoms with van der Waals surface area (Å²) >= 11 is 1.74. The molecule has 150 valence electrons. The molecule has 4 N–H and O–H groups in total. The molecule has 0 saturated heterocycles. The average Bonchev–Trinajstić information content (AvgIpc) is 3.02. The number of hydrogen-bond donors (Lipinski definition) is 2. The highest BCUT2D eigenvalue weighted by molar-refractivity contribution is 8.03. The van der Waals surface area contributed by atoms with Crippen molar-refractivity contribution in [3.63, 3.8) is 0 Å². The SMILES string of the molecule is C=CC1=C(C=C)N(C)c2ccccc2S1.Cc1ccc2c3c(cccc13)C(N)=C2N. The average molecular weight is 412 g/mol. The van der Waals surface area contributed by atoms with Crippen molar-refractivity contribution in [2.45, 2.75) is 11.8 Å². The van der Waals surface area contributed by atoms with Gasteiger partial charge in [0.05, 0.1) is 22.8 Å². The first-order valence-corrected chi connectivity index (χ1v) is 10.6. The molecule has 0 saturated carbocycles. The van der Waals surface area contributed by atoms with Gasteiger partial charge in [0.1, 0.15) is 0 Å². The molecule has 1 aliphatic carbocycles. The minimum Gasteiger partial charge on any atom is -0.397 e. The molecule has 0 fully saturated rings. The van der Waals surface area contributed by atoms with Gasteiger partial charge >= 0.3 is 0 Å². The summed E-state index contributed by atoms with van der Waals surface area (Å²) in [5.74, 6) is 0. The van der Waals surface area contributed by atoms with Crippen LogP contribution in [0.1, 0.15) is 16.7 Å². The van der Waals surface area contributed by atoms with Crippen LogP contribution in [-0.4, -0.2) is 7.05 Å². The van der Waals surface area contributed by atoms with Crippen LogP contribution in [0.2, 0.25) is 0 Å². The lowest BCUT2D eigenvalue weighted by molar-refractivity contribution is 1.09. The van der Waals surface area contributed by atoms with E-state index in [9.17, 15) is 0 Å². The van der Waals surface area contributed by atoms with E-state index in [1.54, 1.807) is 11.8 Å². The molecule has 0 atom stereocenters. The number of benzene rings is 3. The van der Waals surface area contributed by atoms with Crippen molar-refractivity contribution in [3.8, 4) is 0 Å². The maximum atomic E-state index is 5.99. The standard InChI is InChI=1S/C13H12N2.C13H13NS/c1-7-5-6-10-11-8(7)3-2-4-9(11)12(14)13(10)15;1-4-10-12(5-2)15-13-9-7-6-8-11(13)14(10)3/h2-6H,14-15H2,1H3;4-9H,1-2H2,3H3. The molecule has 3 nitrogen and oxygen atoms in total. The van der Waals surface area contributed by atoms with E-state index in [4.69, 9.17) is 11.5 Å². The minimum absolute atomic E-state index is 0.709. The molecule has 0 bridgehead atoms. The van der Waals surface area contributed by atoms with Crippen LogP contribution in [0.15, 0.2) is 95.4 Å². The molecule has 1 aliphatic heterocycles. The Kier molecular flexibility index (Phi) is 5.18. The normalized spacial score (nSPS) is 14.4. The number of thioether (sulfide) groups is 1. The Morgan fingerprint density at radius 1 is 0.867 bits per heavy atom. The summed E-state index contributed by atoms with van der Waals surface area (Å²) in [6.45, 7) is 9.79. The fourth-order valence-corrected chi connectivity index (χ4v) is 5.06. The lowest BCUT2D eigenvalue weighted by Crippen LogP contribution is -2.19. The molecule has 0 radical (unpaired) electrons. The van der Waals surface area contributed by atoms with E-state index in [1.807, 2.05) is 24.3 Å². The van der Waals surface area contributed by atoms with Crippen LogP contribution in [0.4, 0.5) is 5.69 Å². The van der Waals surface area contributed by atoms with Gasteiger partial charge in [-0.1, -0.05) is 73.5 Å². The van der Waals surface area contributed by atoms with Crippen LogP contribution < -0.4 is 16.4 Å². The van der Waals surface area contributed by atoms with Crippen LogP contribution in [0.5, 0.6) is 0 Å². The first-order valence-electron chi connectivity index (χ1n) is 9.76. The lowest BCUT2D eigenvalue weighted by Gasteiger charge is -2.29. The molecular formula is C26H25N3S. The lowest BCUT2D eigenvalue weighted by atomic mass is 9.99. The van der Waals surface area contributed by atoms with Crippen molar-refractivity contribution < 1.29 is 0 Å². The van der Waals surface area contributed by atoms with Crippen molar-refractivity contribution in [3.05, 3.63) is 107 Å². The largest absolute Gasteiger partial charge is 0.397 e. The van der Waals surface area contributed by atoms with E-state index in [-0.39, 0.29) is 0 Å². The maximum absolute atomic E-state index is 5.99. The second kappa shape index (κ2) is 7.81. The Morgan fingerprint density at radius 2 is 1.57 bits per heavy atom. The highest BCUT2D eigenvalue weighted by Gasteiger charge is 2.20. The summed E-state index contributed by atoms with van der Waals surface area (Å²) in [4.78, 5) is 4.57. The highest BCUT2D eigenvalue weighted by atomic mass is 32.2. The molecule has 0 unspecified atom stereocenters. The Bertz CT molecular complexity index is 1230. The van der Waals surface area contributed by atoms with Crippen molar-refractivity contribution in [2.24, 2.45) is 11.5 Å². The van der Waals surface area contributed by atoms with Gasteiger partial charge in [-0.15, -0.1) is 0 Å². The van der Waals surface area contributed by atoms with Crippen LogP contribution in [0.3, 0.4) is 0 Å². The summed E-state index contributed by atoms with van der Waals surface area (Å²) in [6.07, 6.45) is 3.76. The van der Waals surface area contributed by atoms with Crippen LogP contribution >= 0.6 is 11.8 Å². The zero-order valence-corrected chi connectivity index (χ0v) is 18.1. The summed E-state index contributed by atoms with van der Waals surface area (Å²) in [5, 5.41) is 2.45. The van der Waals surface area contributed by atoms with E-state index in [1.165, 1.54) is 26.9 Å². The number of anilines is 1. The van der Waals surface area contributed by atoms with E-state index >= 15 is 0 Å². The Labute approximate surface area is 182 Å². The number of nitrogens with zero attached hydrogens (tertiary/aromatic N) is 1. The van der Waals surface area contributed by atoms with Gasteiger partial charge in [-0.3, -0.25) is 0 Å². The fraction of sp³-hybridized carbons (Fsp3) is 0.0769. The molecule has 30 heavy (non-hydrogen) atoms. The number of fused-ring (bicyclic) bond motifs is 1. The first-order chi connectivity index (χ1) is 14.5. The molecule has 5 rings (SSSR count). The summed E-state index contributed by atoms with van der Waals surface area (Å²) in [5.41, 5.74) is 19.1. The topological polar surface area (TPSA) is 55.3 Å². The Balaban J connectivity index is 0.000000145. The van der Waals surface area contributed by atoms with Crippen molar-refractivity contribution in [1.82, 2.24) is 0 Å². The van der Waals surface area contributed by atoms with Crippen molar-refractivity contribution in [1.29, 1.82) is 0 Å². The molecule has 1 heterocycles. The molecule has 0 spiro atoms. The quantitative estimate of drug-likeness (QED) is 0.542. The third-order valence-electron chi connectivity index (χ3n) is 5.57. The van der Waals surface area contributed by atoms with Crippen molar-refractivity contribution in [2.75, 3.05) is 11.9 Å². The number of likely N-dealkylation sites (N-methyl/N-ethyl adjacent to an activating group) is 1. The number of nitrogens with two attached hydrogens (primary N) is 2. The molecule has 0 amide bonds. The van der Waals surface area contributed by atoms with E-state index in [0.29, 0.717) is 11.4 Å². The van der Waals surface area contributed by atoms with Gasteiger partial charge in [-0.25, -0.2) is 0 Å². The summed E-state index contributed by atoms with van der Waals surface area (Å²) in [7, 11) is 2.05. The zero-order valence-electron chi connectivity index (χ0n) is 17.3. The predicted octanol–water partition coefficient (Wildman–Crippen LogP) is 6.02. The van der Waals surface area contributed by atoms with E-state index in [2.05, 4.69) is 74.5 Å². The Hall–Kier alpha value is -3.37. The summed E-state index contributed by atoms with van der Waals surface area (Å²) in [6, 6.07) is 18.7. The minimum atomic E-state index is 0.709. The monoisotopic (exact) mass is 411 g/mol. The number of aryl methyl sites for hydroxylation is 1. The highest BCUT2D eigenvalue weighted by Crippen LogP contribution is 2.43. The molecule has 0 aromatic heterocycles. The van der Waals surface area contributed by atoms with Crippen LogP contribution in [0.25, 0.3) is 22.2 Å². The van der Waals surface area contributed by atoms with E-state index < -0.39 is 0 Å². The second-order valence-corrected chi connectivity index (χ2v) is 8.36. The predicted molar refractivity (Wildman–Crippen MR) is 132 cm³/mol. The number of allylic oxidation sites excluding steroid dienone is 2. The first kappa shape index (κ1) is 19.9. The van der Waals surface area contributed by atoms with Gasteiger partial charge in [-0.05, 0) is 36.1 Å². The third-order valence-corrected chi connectivity index (χ3v) is 6.73. The number of rotatable bonds is 2. The Morgan fingerprint density at radius 3 is 2.27 bits per heavy atom. The van der Waals surface area contributed by atoms with E-state index in [0.717, 1.165) is 21.7 Å². The molecule has 3 aromatic rings. The molecular weight excluding hydrogens is 386 g/mol. The van der Waals surface area contributed by atoms with Crippen LogP contribution in [0, 0.1) is 6.92 Å². The summed E-state index contributed by atoms with van der Waals surface area (Å²) < 4.78 is 0. The van der Waals surface area contributed by atoms with Gasteiger partial charge in [-0.2, -0.15) is 0 Å². The van der Waals surface area contributed by atoms with Gasteiger partial charge in [0.2, 0.25) is 0 Å².